The van der Waals surface area contributed by atoms with Gasteiger partial charge in [-0.2, -0.15) is 0 Å². The number of esters is 2. The van der Waals surface area contributed by atoms with Crippen LogP contribution in [0.4, 0.5) is 0 Å². The summed E-state index contributed by atoms with van der Waals surface area (Å²) in [7, 11) is 0. The van der Waals surface area contributed by atoms with Crippen LogP contribution in [0.3, 0.4) is 0 Å². The lowest BCUT2D eigenvalue weighted by Gasteiger charge is -2.03. The van der Waals surface area contributed by atoms with Crippen LogP contribution in [0.1, 0.15) is 44.6 Å². The lowest BCUT2D eigenvalue weighted by atomic mass is 10.1. The molecule has 0 saturated heterocycles. The molecule has 2 aromatic rings. The molecule has 0 fully saturated rings. The molecule has 0 unspecified atom stereocenters. The van der Waals surface area contributed by atoms with E-state index in [9.17, 15) is 14.4 Å². The number of carbonyl (C=O) groups is 3. The number of aromatic nitrogens is 1. The molecule has 0 spiro atoms. The molecule has 0 atom stereocenters. The van der Waals surface area contributed by atoms with Crippen molar-refractivity contribution in [2.45, 2.75) is 25.7 Å². The SMILES string of the molecule is CCOC(=O)c1c(C)[nH]c(C(=O)COC(=O)C=Cc2ccc(SC)cc2)c1C. The van der Waals surface area contributed by atoms with Crippen LogP contribution in [0.5, 0.6) is 0 Å². The quantitative estimate of drug-likeness (QED) is 0.312. The third-order valence-electron chi connectivity index (χ3n) is 4.07. The summed E-state index contributed by atoms with van der Waals surface area (Å²) in [6.07, 6.45) is 4.89. The van der Waals surface area contributed by atoms with Crippen molar-refractivity contribution in [1.29, 1.82) is 0 Å². The van der Waals surface area contributed by atoms with Crippen LogP contribution in [0.2, 0.25) is 0 Å². The van der Waals surface area contributed by atoms with E-state index >= 15 is 0 Å². The first-order valence-electron chi connectivity index (χ1n) is 8.75. The Morgan fingerprint density at radius 3 is 2.39 bits per heavy atom. The number of Topliss-reactive ketones (excluding diaryl/α,β-unsaturated/α-hetero) is 1. The number of hydrogen-bond donors (Lipinski definition) is 1. The number of ketones is 1. The Labute approximate surface area is 168 Å². The molecule has 1 N–H and O–H groups in total. The van der Waals surface area contributed by atoms with Crippen molar-refractivity contribution in [2.75, 3.05) is 19.5 Å². The molecule has 0 bridgehead atoms. The van der Waals surface area contributed by atoms with Crippen molar-refractivity contribution in [1.82, 2.24) is 4.98 Å². The van der Waals surface area contributed by atoms with Crippen molar-refractivity contribution in [3.05, 3.63) is 58.4 Å². The summed E-state index contributed by atoms with van der Waals surface area (Å²) < 4.78 is 10.0. The maximum atomic E-state index is 12.4. The predicted molar refractivity (Wildman–Crippen MR) is 109 cm³/mol. The molecular weight excluding hydrogens is 378 g/mol. The minimum atomic E-state index is -0.617. The van der Waals surface area contributed by atoms with Gasteiger partial charge in [-0.1, -0.05) is 12.1 Å². The van der Waals surface area contributed by atoms with Crippen LogP contribution in [-0.4, -0.2) is 42.2 Å². The average Bonchev–Trinajstić information content (AvgIpc) is 2.99. The first-order valence-corrected chi connectivity index (χ1v) is 9.98. The standard InChI is InChI=1S/C21H23NO5S/c1-5-26-21(25)19-13(2)20(22-14(19)3)17(23)12-27-18(24)11-8-15-6-9-16(28-4)10-7-15/h6-11,22H,5,12H2,1-4H3. The van der Waals surface area contributed by atoms with Gasteiger partial charge in [0.2, 0.25) is 5.78 Å². The second kappa shape index (κ2) is 9.94. The van der Waals surface area contributed by atoms with Gasteiger partial charge in [0.1, 0.15) is 0 Å². The van der Waals surface area contributed by atoms with Crippen LogP contribution in [0.15, 0.2) is 35.2 Å². The molecule has 1 aromatic carbocycles. The zero-order valence-corrected chi connectivity index (χ0v) is 17.1. The zero-order chi connectivity index (χ0) is 20.7. The lowest BCUT2D eigenvalue weighted by molar-refractivity contribution is -0.136. The van der Waals surface area contributed by atoms with Gasteiger partial charge in [-0.3, -0.25) is 4.79 Å². The summed E-state index contributed by atoms with van der Waals surface area (Å²) in [5, 5.41) is 0. The van der Waals surface area contributed by atoms with E-state index in [0.29, 0.717) is 16.8 Å². The number of benzene rings is 1. The van der Waals surface area contributed by atoms with Crippen molar-refractivity contribution in [3.63, 3.8) is 0 Å². The normalized spacial score (nSPS) is 10.9. The topological polar surface area (TPSA) is 85.5 Å². The maximum absolute atomic E-state index is 12.4. The van der Waals surface area contributed by atoms with Gasteiger partial charge in [0, 0.05) is 16.7 Å². The Morgan fingerprint density at radius 1 is 1.11 bits per heavy atom. The molecule has 0 aliphatic carbocycles. The van der Waals surface area contributed by atoms with Gasteiger partial charge in [-0.05, 0) is 56.4 Å². The molecule has 0 saturated carbocycles. The van der Waals surface area contributed by atoms with Crippen molar-refractivity contribution >= 4 is 35.6 Å². The Balaban J connectivity index is 1.97. The van der Waals surface area contributed by atoms with Crippen molar-refractivity contribution in [2.24, 2.45) is 0 Å². The molecule has 1 aromatic heterocycles. The van der Waals surface area contributed by atoms with E-state index in [1.807, 2.05) is 30.5 Å². The number of carbonyl (C=O) groups excluding carboxylic acids is 3. The Kier molecular flexibility index (Phi) is 7.63. The molecule has 6 nitrogen and oxygen atoms in total. The second-order valence-corrected chi connectivity index (χ2v) is 6.86. The fraction of sp³-hybridized carbons (Fsp3) is 0.286. The molecule has 7 heteroatoms. The summed E-state index contributed by atoms with van der Waals surface area (Å²) >= 11 is 1.63. The van der Waals surface area contributed by atoms with Gasteiger partial charge in [0.05, 0.1) is 17.9 Å². The molecule has 1 heterocycles. The zero-order valence-electron chi connectivity index (χ0n) is 16.3. The Hall–Kier alpha value is -2.80. The van der Waals surface area contributed by atoms with Gasteiger partial charge in [-0.15, -0.1) is 11.8 Å². The molecule has 148 valence electrons. The smallest absolute Gasteiger partial charge is 0.340 e. The maximum Gasteiger partial charge on any atom is 0.340 e. The predicted octanol–water partition coefficient (Wildman–Crippen LogP) is 3.97. The fourth-order valence-electron chi connectivity index (χ4n) is 2.67. The molecular formula is C21H23NO5S. The van der Waals surface area contributed by atoms with Crippen LogP contribution >= 0.6 is 11.8 Å². The molecule has 0 radical (unpaired) electrons. The lowest BCUT2D eigenvalue weighted by Crippen LogP contribution is -2.14. The number of hydrogen-bond acceptors (Lipinski definition) is 6. The van der Waals surface area contributed by atoms with Gasteiger partial charge in [0.15, 0.2) is 6.61 Å². The number of aromatic amines is 1. The average molecular weight is 401 g/mol. The van der Waals surface area contributed by atoms with E-state index in [4.69, 9.17) is 9.47 Å². The summed E-state index contributed by atoms with van der Waals surface area (Å²) in [6, 6.07) is 7.69. The number of ether oxygens (including phenoxy) is 2. The summed E-state index contributed by atoms with van der Waals surface area (Å²) in [4.78, 5) is 40.3. The molecule has 0 aliphatic heterocycles. The largest absolute Gasteiger partial charge is 0.462 e. The second-order valence-electron chi connectivity index (χ2n) is 5.98. The number of aryl methyl sites for hydroxylation is 1. The molecule has 0 aliphatic rings. The molecule has 0 amide bonds. The highest BCUT2D eigenvalue weighted by atomic mass is 32.2. The highest BCUT2D eigenvalue weighted by Gasteiger charge is 2.23. The van der Waals surface area contributed by atoms with Crippen LogP contribution in [-0.2, 0) is 14.3 Å². The van der Waals surface area contributed by atoms with Crippen LogP contribution in [0, 0.1) is 13.8 Å². The minimum absolute atomic E-state index is 0.241. The fourth-order valence-corrected chi connectivity index (χ4v) is 3.08. The first kappa shape index (κ1) is 21.5. The Morgan fingerprint density at radius 2 is 1.79 bits per heavy atom. The van der Waals surface area contributed by atoms with E-state index in [1.165, 1.54) is 6.08 Å². The highest BCUT2D eigenvalue weighted by molar-refractivity contribution is 7.98. The van der Waals surface area contributed by atoms with Gasteiger partial charge < -0.3 is 14.5 Å². The number of H-pyrrole nitrogens is 1. The van der Waals surface area contributed by atoms with Gasteiger partial charge in [0.25, 0.3) is 0 Å². The monoisotopic (exact) mass is 401 g/mol. The molecule has 2 rings (SSSR count). The first-order chi connectivity index (χ1) is 13.4. The highest BCUT2D eigenvalue weighted by Crippen LogP contribution is 2.20. The van der Waals surface area contributed by atoms with Gasteiger partial charge in [-0.25, -0.2) is 9.59 Å². The minimum Gasteiger partial charge on any atom is -0.462 e. The third kappa shape index (κ3) is 5.36. The van der Waals surface area contributed by atoms with E-state index in [1.54, 1.807) is 38.6 Å². The van der Waals surface area contributed by atoms with E-state index in [-0.39, 0.29) is 12.3 Å². The molecule has 28 heavy (non-hydrogen) atoms. The number of rotatable bonds is 8. The van der Waals surface area contributed by atoms with E-state index in [0.717, 1.165) is 10.5 Å². The van der Waals surface area contributed by atoms with Crippen LogP contribution < -0.4 is 0 Å². The number of thioether (sulfide) groups is 1. The van der Waals surface area contributed by atoms with Crippen LogP contribution in [0.25, 0.3) is 6.08 Å². The summed E-state index contributed by atoms with van der Waals surface area (Å²) in [6.45, 7) is 4.88. The van der Waals surface area contributed by atoms with Crippen molar-refractivity contribution in [3.8, 4) is 0 Å². The number of nitrogens with one attached hydrogen (secondary N) is 1. The van der Waals surface area contributed by atoms with E-state index < -0.39 is 24.3 Å². The third-order valence-corrected chi connectivity index (χ3v) is 4.81. The Bertz CT molecular complexity index is 896. The summed E-state index contributed by atoms with van der Waals surface area (Å²) in [5.41, 5.74) is 2.46. The van der Waals surface area contributed by atoms with Gasteiger partial charge >= 0.3 is 11.9 Å². The summed E-state index contributed by atoms with van der Waals surface area (Å²) in [5.74, 6) is -1.52. The van der Waals surface area contributed by atoms with E-state index in [2.05, 4.69) is 4.98 Å². The van der Waals surface area contributed by atoms with Crippen molar-refractivity contribution < 1.29 is 23.9 Å².